The number of esters is 1. The van der Waals surface area contributed by atoms with Crippen molar-refractivity contribution in [2.24, 2.45) is 0 Å². The van der Waals surface area contributed by atoms with Gasteiger partial charge in [0.15, 0.2) is 6.61 Å². The van der Waals surface area contributed by atoms with Gasteiger partial charge in [0.25, 0.3) is 5.91 Å². The Morgan fingerprint density at radius 2 is 1.67 bits per heavy atom. The fourth-order valence-electron chi connectivity index (χ4n) is 2.21. The minimum Gasteiger partial charge on any atom is -0.456 e. The number of rotatable bonds is 7. The molecule has 2 N–H and O–H groups in total. The molecule has 0 saturated heterocycles. The first-order valence-corrected chi connectivity index (χ1v) is 9.18. The summed E-state index contributed by atoms with van der Waals surface area (Å²) in [5.41, 5.74) is -0.700. The lowest BCUT2D eigenvalue weighted by molar-refractivity contribution is -0.147. The highest BCUT2D eigenvalue weighted by atomic mass is 35.5. The van der Waals surface area contributed by atoms with Gasteiger partial charge < -0.3 is 15.4 Å². The number of hydrogen-bond acceptors (Lipinski definition) is 4. The second kappa shape index (κ2) is 10.3. The van der Waals surface area contributed by atoms with Gasteiger partial charge in [-0.25, -0.2) is 0 Å². The number of nitrogens with one attached hydrogen (secondary N) is 2. The maximum atomic E-state index is 12.7. The van der Waals surface area contributed by atoms with Gasteiger partial charge in [0.1, 0.15) is 0 Å². The van der Waals surface area contributed by atoms with Crippen LogP contribution in [0.15, 0.2) is 42.5 Å². The third-order valence-corrected chi connectivity index (χ3v) is 4.15. The van der Waals surface area contributed by atoms with Crippen LogP contribution in [0.1, 0.15) is 18.4 Å². The predicted octanol–water partition coefficient (Wildman–Crippen LogP) is 4.91. The third kappa shape index (κ3) is 7.57. The number of hydrogen-bond donors (Lipinski definition) is 2. The molecular formula is C19H15Cl2F3N2O4. The summed E-state index contributed by atoms with van der Waals surface area (Å²) in [7, 11) is 0. The molecule has 0 unspecified atom stereocenters. The minimum atomic E-state index is -4.55. The largest absolute Gasteiger partial charge is 0.456 e. The second-order valence-electron chi connectivity index (χ2n) is 5.96. The van der Waals surface area contributed by atoms with E-state index in [1.54, 1.807) is 0 Å². The number of carbonyl (C=O) groups is 3. The van der Waals surface area contributed by atoms with E-state index in [0.717, 1.165) is 18.2 Å². The third-order valence-electron chi connectivity index (χ3n) is 3.60. The molecule has 2 rings (SSSR count). The molecule has 2 aromatic carbocycles. The molecule has 2 amide bonds. The Hall–Kier alpha value is -2.78. The molecule has 0 bridgehead atoms. The Morgan fingerprint density at radius 1 is 0.933 bits per heavy atom. The number of alkyl halides is 3. The van der Waals surface area contributed by atoms with Crippen molar-refractivity contribution in [3.05, 3.63) is 58.1 Å². The number of benzene rings is 2. The molecule has 30 heavy (non-hydrogen) atoms. The van der Waals surface area contributed by atoms with Gasteiger partial charge in [-0.3, -0.25) is 14.4 Å². The predicted molar refractivity (Wildman–Crippen MR) is 105 cm³/mol. The van der Waals surface area contributed by atoms with Crippen molar-refractivity contribution >= 4 is 52.4 Å². The van der Waals surface area contributed by atoms with Crippen LogP contribution < -0.4 is 10.6 Å². The van der Waals surface area contributed by atoms with Crippen molar-refractivity contribution in [2.75, 3.05) is 17.2 Å². The molecular weight excluding hydrogens is 448 g/mol. The molecule has 0 aliphatic carbocycles. The van der Waals surface area contributed by atoms with Crippen LogP contribution in [0.4, 0.5) is 24.5 Å². The van der Waals surface area contributed by atoms with Crippen molar-refractivity contribution in [1.82, 2.24) is 0 Å². The Bertz CT molecular complexity index is 952. The topological polar surface area (TPSA) is 84.5 Å². The van der Waals surface area contributed by atoms with Crippen molar-refractivity contribution in [1.29, 1.82) is 0 Å². The van der Waals surface area contributed by atoms with Crippen LogP contribution in [0.25, 0.3) is 0 Å². The summed E-state index contributed by atoms with van der Waals surface area (Å²) in [4.78, 5) is 35.3. The molecule has 0 atom stereocenters. The van der Waals surface area contributed by atoms with E-state index in [1.165, 1.54) is 24.3 Å². The SMILES string of the molecule is O=C(COC(=O)CCC(=O)Nc1ccc(Cl)cc1Cl)Nc1cccc(C(F)(F)F)c1. The van der Waals surface area contributed by atoms with Gasteiger partial charge in [0.05, 0.1) is 22.7 Å². The minimum absolute atomic E-state index is 0.0925. The van der Waals surface area contributed by atoms with E-state index in [2.05, 4.69) is 10.6 Å². The first-order chi connectivity index (χ1) is 14.0. The molecule has 0 fully saturated rings. The molecule has 0 spiro atoms. The number of anilines is 2. The van der Waals surface area contributed by atoms with E-state index in [9.17, 15) is 27.6 Å². The summed E-state index contributed by atoms with van der Waals surface area (Å²) in [5, 5.41) is 5.32. The molecule has 0 aromatic heterocycles. The lowest BCUT2D eigenvalue weighted by Gasteiger charge is -2.10. The van der Waals surface area contributed by atoms with Crippen molar-refractivity contribution in [2.45, 2.75) is 19.0 Å². The molecule has 2 aromatic rings. The molecule has 6 nitrogen and oxygen atoms in total. The summed E-state index contributed by atoms with van der Waals surface area (Å²) >= 11 is 11.7. The molecule has 11 heteroatoms. The average molecular weight is 463 g/mol. The van der Waals surface area contributed by atoms with Crippen LogP contribution >= 0.6 is 23.2 Å². The van der Waals surface area contributed by atoms with Crippen LogP contribution in [-0.4, -0.2) is 24.4 Å². The summed E-state index contributed by atoms with van der Waals surface area (Å²) in [5.74, 6) is -2.16. The van der Waals surface area contributed by atoms with Gasteiger partial charge in [-0.05, 0) is 36.4 Å². The van der Waals surface area contributed by atoms with E-state index in [4.69, 9.17) is 27.9 Å². The zero-order chi connectivity index (χ0) is 22.3. The standard InChI is InChI=1S/C19H15Cl2F3N2O4/c20-12-4-5-15(14(21)9-12)26-16(27)6-7-18(29)30-10-17(28)25-13-3-1-2-11(8-13)19(22,23)24/h1-5,8-9H,6-7,10H2,(H,25,28)(H,26,27). The second-order valence-corrected chi connectivity index (χ2v) is 6.80. The number of carbonyl (C=O) groups excluding carboxylic acids is 3. The van der Waals surface area contributed by atoms with Crippen molar-refractivity contribution in [3.8, 4) is 0 Å². The molecule has 0 heterocycles. The van der Waals surface area contributed by atoms with Crippen molar-refractivity contribution in [3.63, 3.8) is 0 Å². The van der Waals surface area contributed by atoms with Gasteiger partial charge in [-0.1, -0.05) is 29.3 Å². The fourth-order valence-corrected chi connectivity index (χ4v) is 2.66. The molecule has 0 aliphatic heterocycles. The molecule has 0 saturated carbocycles. The Labute approximate surface area is 179 Å². The summed E-state index contributed by atoms with van der Waals surface area (Å²) in [6, 6.07) is 8.48. The fraction of sp³-hybridized carbons (Fsp3) is 0.211. The number of amides is 2. The van der Waals surface area contributed by atoms with Crippen LogP contribution in [0.5, 0.6) is 0 Å². The summed E-state index contributed by atoms with van der Waals surface area (Å²) in [6.45, 7) is -0.709. The van der Waals surface area contributed by atoms with E-state index in [-0.39, 0.29) is 23.6 Å². The monoisotopic (exact) mass is 462 g/mol. The van der Waals surface area contributed by atoms with Crippen LogP contribution in [0.3, 0.4) is 0 Å². The maximum Gasteiger partial charge on any atom is 0.416 e. The van der Waals surface area contributed by atoms with Crippen LogP contribution in [0.2, 0.25) is 10.0 Å². The van der Waals surface area contributed by atoms with Gasteiger partial charge in [0.2, 0.25) is 5.91 Å². The normalized spacial score (nSPS) is 11.0. The average Bonchev–Trinajstić information content (AvgIpc) is 2.66. The maximum absolute atomic E-state index is 12.7. The van der Waals surface area contributed by atoms with E-state index in [0.29, 0.717) is 10.7 Å². The molecule has 160 valence electrons. The highest BCUT2D eigenvalue weighted by Crippen LogP contribution is 2.30. The first kappa shape index (κ1) is 23.5. The highest BCUT2D eigenvalue weighted by Gasteiger charge is 2.30. The smallest absolute Gasteiger partial charge is 0.416 e. The first-order valence-electron chi connectivity index (χ1n) is 8.42. The highest BCUT2D eigenvalue weighted by molar-refractivity contribution is 6.36. The van der Waals surface area contributed by atoms with Crippen LogP contribution in [-0.2, 0) is 25.3 Å². The summed E-state index contributed by atoms with van der Waals surface area (Å²) < 4.78 is 42.7. The lowest BCUT2D eigenvalue weighted by atomic mass is 10.2. The number of halogens is 5. The Kier molecular flexibility index (Phi) is 8.08. The van der Waals surface area contributed by atoms with Gasteiger partial charge in [-0.15, -0.1) is 0 Å². The molecule has 0 aliphatic rings. The van der Waals surface area contributed by atoms with E-state index < -0.39 is 36.1 Å². The van der Waals surface area contributed by atoms with Gasteiger partial charge in [0, 0.05) is 17.1 Å². The lowest BCUT2D eigenvalue weighted by Crippen LogP contribution is -2.22. The Balaban J connectivity index is 1.75. The Morgan fingerprint density at radius 3 is 2.33 bits per heavy atom. The number of ether oxygens (including phenoxy) is 1. The van der Waals surface area contributed by atoms with Crippen molar-refractivity contribution < 1.29 is 32.3 Å². The van der Waals surface area contributed by atoms with Crippen LogP contribution in [0, 0.1) is 0 Å². The summed E-state index contributed by atoms with van der Waals surface area (Å²) in [6.07, 6.45) is -5.09. The van der Waals surface area contributed by atoms with Gasteiger partial charge in [-0.2, -0.15) is 13.2 Å². The zero-order valence-corrected chi connectivity index (χ0v) is 16.7. The van der Waals surface area contributed by atoms with E-state index >= 15 is 0 Å². The van der Waals surface area contributed by atoms with E-state index in [1.807, 2.05) is 0 Å². The molecule has 0 radical (unpaired) electrons. The van der Waals surface area contributed by atoms with Gasteiger partial charge >= 0.3 is 12.1 Å². The quantitative estimate of drug-likeness (QED) is 0.572. The zero-order valence-electron chi connectivity index (χ0n) is 15.2.